The van der Waals surface area contributed by atoms with Crippen LogP contribution in [0.1, 0.15) is 10.6 Å². The molecule has 0 atom stereocenters. The zero-order valence-corrected chi connectivity index (χ0v) is 17.6. The van der Waals surface area contributed by atoms with Gasteiger partial charge in [0.25, 0.3) is 5.91 Å². The van der Waals surface area contributed by atoms with Crippen LogP contribution in [0.2, 0.25) is 0 Å². The molecule has 0 unspecified atom stereocenters. The standard InChI is InChI=1S/C24H23N5O2/c1-28(2)19-13-11-18(12-14-19)25-24(30)22-26-23(17-9-15-21(31-3)16-10-17)29(27-22)20-7-5-4-6-8-20/h4-16H,1-3H3,(H,25,30). The van der Waals surface area contributed by atoms with Gasteiger partial charge in [0, 0.05) is 31.0 Å². The molecule has 156 valence electrons. The van der Waals surface area contributed by atoms with E-state index in [1.807, 2.05) is 97.9 Å². The Balaban J connectivity index is 1.67. The van der Waals surface area contributed by atoms with E-state index >= 15 is 0 Å². The summed E-state index contributed by atoms with van der Waals surface area (Å²) < 4.78 is 6.92. The van der Waals surface area contributed by atoms with Gasteiger partial charge in [-0.1, -0.05) is 18.2 Å². The van der Waals surface area contributed by atoms with Crippen molar-refractivity contribution in [1.82, 2.24) is 14.8 Å². The topological polar surface area (TPSA) is 72.3 Å². The predicted molar refractivity (Wildman–Crippen MR) is 122 cm³/mol. The Morgan fingerprint density at radius 2 is 1.61 bits per heavy atom. The van der Waals surface area contributed by atoms with Crippen molar-refractivity contribution >= 4 is 17.3 Å². The van der Waals surface area contributed by atoms with Gasteiger partial charge < -0.3 is 15.0 Å². The van der Waals surface area contributed by atoms with E-state index < -0.39 is 0 Å². The largest absolute Gasteiger partial charge is 0.497 e. The molecule has 0 bridgehead atoms. The molecule has 4 rings (SSSR count). The monoisotopic (exact) mass is 413 g/mol. The van der Waals surface area contributed by atoms with Crippen molar-refractivity contribution in [2.45, 2.75) is 0 Å². The van der Waals surface area contributed by atoms with Gasteiger partial charge in [0.2, 0.25) is 5.82 Å². The fraction of sp³-hybridized carbons (Fsp3) is 0.125. The highest BCUT2D eigenvalue weighted by atomic mass is 16.5. The third-order valence-corrected chi connectivity index (χ3v) is 4.80. The van der Waals surface area contributed by atoms with E-state index in [2.05, 4.69) is 15.4 Å². The molecule has 0 fully saturated rings. The van der Waals surface area contributed by atoms with Crippen molar-refractivity contribution < 1.29 is 9.53 Å². The van der Waals surface area contributed by atoms with Gasteiger partial charge in [0.1, 0.15) is 5.75 Å². The minimum atomic E-state index is -0.373. The van der Waals surface area contributed by atoms with Crippen LogP contribution in [0.5, 0.6) is 5.75 Å². The maximum atomic E-state index is 12.9. The Hall–Kier alpha value is -4.13. The predicted octanol–water partition coefficient (Wildman–Crippen LogP) is 4.26. The summed E-state index contributed by atoms with van der Waals surface area (Å²) in [5, 5.41) is 7.37. The average Bonchev–Trinajstić information content (AvgIpc) is 3.26. The molecule has 4 aromatic rings. The van der Waals surface area contributed by atoms with E-state index in [1.165, 1.54) is 0 Å². The van der Waals surface area contributed by atoms with Gasteiger partial charge in [-0.3, -0.25) is 4.79 Å². The second-order valence-electron chi connectivity index (χ2n) is 7.13. The van der Waals surface area contributed by atoms with Gasteiger partial charge in [-0.05, 0) is 60.7 Å². The minimum Gasteiger partial charge on any atom is -0.497 e. The SMILES string of the molecule is COc1ccc(-c2nc(C(=O)Nc3ccc(N(C)C)cc3)nn2-c2ccccc2)cc1. The maximum Gasteiger partial charge on any atom is 0.295 e. The van der Waals surface area contributed by atoms with Crippen molar-refractivity contribution in [3.8, 4) is 22.8 Å². The number of nitrogens with zero attached hydrogens (tertiary/aromatic N) is 4. The van der Waals surface area contributed by atoms with Crippen molar-refractivity contribution in [3.63, 3.8) is 0 Å². The van der Waals surface area contributed by atoms with E-state index in [4.69, 9.17) is 4.74 Å². The number of carbonyl (C=O) groups is 1. The highest BCUT2D eigenvalue weighted by Gasteiger charge is 2.19. The smallest absolute Gasteiger partial charge is 0.295 e. The van der Waals surface area contributed by atoms with Gasteiger partial charge in [0.05, 0.1) is 12.8 Å². The number of benzene rings is 3. The molecule has 3 aromatic carbocycles. The van der Waals surface area contributed by atoms with E-state index in [1.54, 1.807) is 11.8 Å². The van der Waals surface area contributed by atoms with Gasteiger partial charge >= 0.3 is 0 Å². The number of para-hydroxylation sites is 1. The van der Waals surface area contributed by atoms with Crippen molar-refractivity contribution in [1.29, 1.82) is 0 Å². The number of hydrogen-bond donors (Lipinski definition) is 1. The second-order valence-corrected chi connectivity index (χ2v) is 7.13. The average molecular weight is 413 g/mol. The first-order valence-corrected chi connectivity index (χ1v) is 9.81. The van der Waals surface area contributed by atoms with Crippen molar-refractivity contribution in [3.05, 3.63) is 84.7 Å². The first-order valence-electron chi connectivity index (χ1n) is 9.81. The summed E-state index contributed by atoms with van der Waals surface area (Å²) in [6, 6.07) is 24.7. The van der Waals surface area contributed by atoms with Crippen molar-refractivity contribution in [2.75, 3.05) is 31.4 Å². The zero-order valence-electron chi connectivity index (χ0n) is 17.6. The van der Waals surface area contributed by atoms with E-state index in [9.17, 15) is 4.79 Å². The van der Waals surface area contributed by atoms with Gasteiger partial charge in [-0.15, -0.1) is 5.10 Å². The van der Waals surface area contributed by atoms with Crippen LogP contribution in [0.25, 0.3) is 17.1 Å². The van der Waals surface area contributed by atoms with Crippen LogP contribution in [0.4, 0.5) is 11.4 Å². The zero-order chi connectivity index (χ0) is 21.8. The summed E-state index contributed by atoms with van der Waals surface area (Å²) in [7, 11) is 5.55. The number of aromatic nitrogens is 3. The number of carbonyl (C=O) groups excluding carboxylic acids is 1. The molecule has 1 heterocycles. The van der Waals surface area contributed by atoms with Crippen LogP contribution in [0, 0.1) is 0 Å². The van der Waals surface area contributed by atoms with Crippen LogP contribution in [-0.2, 0) is 0 Å². The molecule has 0 aliphatic carbocycles. The molecule has 0 saturated heterocycles. The lowest BCUT2D eigenvalue weighted by molar-refractivity contribution is 0.101. The van der Waals surface area contributed by atoms with Crippen LogP contribution in [0.15, 0.2) is 78.9 Å². The Bertz CT molecular complexity index is 1170. The lowest BCUT2D eigenvalue weighted by Crippen LogP contribution is -2.14. The molecule has 7 nitrogen and oxygen atoms in total. The Morgan fingerprint density at radius 3 is 2.23 bits per heavy atom. The first kappa shape index (κ1) is 20.2. The summed E-state index contributed by atoms with van der Waals surface area (Å²) in [5.41, 5.74) is 3.37. The molecule has 0 spiro atoms. The van der Waals surface area contributed by atoms with Crippen LogP contribution in [0.3, 0.4) is 0 Å². The highest BCUT2D eigenvalue weighted by Crippen LogP contribution is 2.24. The lowest BCUT2D eigenvalue weighted by atomic mass is 10.2. The Labute approximate surface area is 180 Å². The Morgan fingerprint density at radius 1 is 0.935 bits per heavy atom. The molecule has 1 amide bonds. The third-order valence-electron chi connectivity index (χ3n) is 4.80. The van der Waals surface area contributed by atoms with Crippen LogP contribution < -0.4 is 15.0 Å². The normalized spacial score (nSPS) is 10.5. The Kier molecular flexibility index (Phi) is 5.66. The minimum absolute atomic E-state index is 0.0892. The third kappa shape index (κ3) is 4.40. The summed E-state index contributed by atoms with van der Waals surface area (Å²) in [5.74, 6) is 1.03. The molecule has 0 aliphatic heterocycles. The number of rotatable bonds is 6. The number of hydrogen-bond acceptors (Lipinski definition) is 5. The fourth-order valence-corrected chi connectivity index (χ4v) is 3.11. The van der Waals surface area contributed by atoms with E-state index in [-0.39, 0.29) is 11.7 Å². The molecule has 0 saturated carbocycles. The quantitative estimate of drug-likeness (QED) is 0.511. The summed E-state index contributed by atoms with van der Waals surface area (Å²) in [6.45, 7) is 0. The van der Waals surface area contributed by atoms with Crippen LogP contribution >= 0.6 is 0 Å². The van der Waals surface area contributed by atoms with E-state index in [0.29, 0.717) is 11.5 Å². The molecule has 0 aliphatic rings. The number of anilines is 2. The molecule has 7 heteroatoms. The molecule has 1 N–H and O–H groups in total. The molecular weight excluding hydrogens is 390 g/mol. The molecular formula is C24H23N5O2. The molecule has 0 radical (unpaired) electrons. The second kappa shape index (κ2) is 8.71. The number of methoxy groups -OCH3 is 1. The van der Waals surface area contributed by atoms with Crippen LogP contribution in [-0.4, -0.2) is 41.9 Å². The number of nitrogens with one attached hydrogen (secondary N) is 1. The highest BCUT2D eigenvalue weighted by molar-refractivity contribution is 6.01. The first-order chi connectivity index (χ1) is 15.0. The molecule has 1 aromatic heterocycles. The van der Waals surface area contributed by atoms with E-state index in [0.717, 1.165) is 22.7 Å². The van der Waals surface area contributed by atoms with Crippen molar-refractivity contribution in [2.24, 2.45) is 0 Å². The summed E-state index contributed by atoms with van der Waals surface area (Å²) in [6.07, 6.45) is 0. The lowest BCUT2D eigenvalue weighted by Gasteiger charge is -2.12. The van der Waals surface area contributed by atoms with Gasteiger partial charge in [-0.2, -0.15) is 0 Å². The summed E-state index contributed by atoms with van der Waals surface area (Å²) in [4.78, 5) is 19.4. The number of ether oxygens (including phenoxy) is 1. The van der Waals surface area contributed by atoms with Gasteiger partial charge in [-0.25, -0.2) is 9.67 Å². The van der Waals surface area contributed by atoms with Gasteiger partial charge in [0.15, 0.2) is 5.82 Å². The maximum absolute atomic E-state index is 12.9. The number of amides is 1. The molecule has 31 heavy (non-hydrogen) atoms. The summed E-state index contributed by atoms with van der Waals surface area (Å²) >= 11 is 0. The fourth-order valence-electron chi connectivity index (χ4n) is 3.11.